The lowest BCUT2D eigenvalue weighted by atomic mass is 9.94. The lowest BCUT2D eigenvalue weighted by Gasteiger charge is -2.24. The van der Waals surface area contributed by atoms with Crippen LogP contribution >= 0.6 is 11.6 Å². The molecule has 0 amide bonds. The molecule has 1 atom stereocenters. The minimum Gasteiger partial charge on any atom is -0.370 e. The van der Waals surface area contributed by atoms with Gasteiger partial charge >= 0.3 is 0 Å². The van der Waals surface area contributed by atoms with Gasteiger partial charge in [0.05, 0.1) is 0 Å². The molecule has 1 aliphatic rings. The second-order valence-electron chi connectivity index (χ2n) is 2.95. The summed E-state index contributed by atoms with van der Waals surface area (Å²) in [7, 11) is 0. The molecule has 0 saturated carbocycles. The van der Waals surface area contributed by atoms with E-state index in [4.69, 9.17) is 11.6 Å². The van der Waals surface area contributed by atoms with Crippen LogP contribution in [0.15, 0.2) is 30.3 Å². The summed E-state index contributed by atoms with van der Waals surface area (Å²) < 4.78 is 0. The van der Waals surface area contributed by atoms with E-state index in [9.17, 15) is 5.11 Å². The lowest BCUT2D eigenvalue weighted by molar-refractivity contribution is 0.131. The number of rotatable bonds is 0. The van der Waals surface area contributed by atoms with E-state index in [2.05, 4.69) is 0 Å². The summed E-state index contributed by atoms with van der Waals surface area (Å²) in [5.74, 6) is 0. The van der Waals surface area contributed by atoms with E-state index in [1.165, 1.54) is 0 Å². The van der Waals surface area contributed by atoms with Gasteiger partial charge in [-0.1, -0.05) is 48.0 Å². The molecule has 1 aromatic carbocycles. The third-order valence-electron chi connectivity index (χ3n) is 2.06. The van der Waals surface area contributed by atoms with Crippen LogP contribution in [0.2, 0.25) is 0 Å². The number of halogens is 1. The van der Waals surface area contributed by atoms with Crippen LogP contribution in [0, 0.1) is 0 Å². The fourth-order valence-electron chi connectivity index (χ4n) is 1.44. The topological polar surface area (TPSA) is 20.2 Å². The number of benzene rings is 1. The van der Waals surface area contributed by atoms with E-state index in [0.29, 0.717) is 6.42 Å². The van der Waals surface area contributed by atoms with Crippen molar-refractivity contribution in [2.75, 3.05) is 0 Å². The third kappa shape index (κ3) is 1.15. The number of hydrogen-bond donors (Lipinski definition) is 1. The highest BCUT2D eigenvalue weighted by Gasteiger charge is 2.28. The van der Waals surface area contributed by atoms with Gasteiger partial charge in [-0.15, -0.1) is 0 Å². The van der Waals surface area contributed by atoms with Gasteiger partial charge in [0.25, 0.3) is 0 Å². The molecule has 0 heterocycles. The van der Waals surface area contributed by atoms with Gasteiger partial charge in [-0.05, 0) is 5.56 Å². The second kappa shape index (κ2) is 2.61. The fourth-order valence-corrected chi connectivity index (χ4v) is 1.70. The van der Waals surface area contributed by atoms with Crippen LogP contribution in [0.25, 0.3) is 6.08 Å². The van der Waals surface area contributed by atoms with Crippen molar-refractivity contribution in [1.29, 1.82) is 0 Å². The predicted molar refractivity (Wildman–Crippen MR) is 49.8 cm³/mol. The number of alkyl halides is 1. The molecular weight excluding hydrogens is 172 g/mol. The zero-order valence-corrected chi connectivity index (χ0v) is 7.25. The Kier molecular flexibility index (Phi) is 1.71. The molecule has 1 nitrogen and oxygen atoms in total. The Morgan fingerprint density at radius 3 is 2.83 bits per heavy atom. The summed E-state index contributed by atoms with van der Waals surface area (Å²) >= 11 is 5.91. The molecule has 0 radical (unpaired) electrons. The Labute approximate surface area is 76.3 Å². The van der Waals surface area contributed by atoms with E-state index in [1.807, 2.05) is 36.4 Å². The van der Waals surface area contributed by atoms with E-state index >= 15 is 0 Å². The molecule has 0 aliphatic heterocycles. The molecule has 0 spiro atoms. The lowest BCUT2D eigenvalue weighted by Crippen LogP contribution is -2.20. The van der Waals surface area contributed by atoms with Crippen LogP contribution < -0.4 is 0 Å². The molecule has 12 heavy (non-hydrogen) atoms. The van der Waals surface area contributed by atoms with Gasteiger partial charge in [0.1, 0.15) is 0 Å². The van der Waals surface area contributed by atoms with Gasteiger partial charge in [0.15, 0.2) is 5.06 Å². The molecule has 0 aromatic heterocycles. The van der Waals surface area contributed by atoms with Crippen molar-refractivity contribution in [3.8, 4) is 0 Å². The van der Waals surface area contributed by atoms with Gasteiger partial charge in [0, 0.05) is 12.0 Å². The van der Waals surface area contributed by atoms with Crippen LogP contribution in [0.3, 0.4) is 0 Å². The first kappa shape index (κ1) is 7.84. The van der Waals surface area contributed by atoms with Crippen LogP contribution in [0.4, 0.5) is 0 Å². The SMILES string of the molecule is OC1(Cl)CC=Cc2ccccc21. The summed E-state index contributed by atoms with van der Waals surface area (Å²) in [5.41, 5.74) is 1.80. The van der Waals surface area contributed by atoms with Gasteiger partial charge in [-0.3, -0.25) is 0 Å². The van der Waals surface area contributed by atoms with Crippen LogP contribution in [-0.4, -0.2) is 5.11 Å². The Balaban J connectivity index is 2.60. The standard InChI is InChI=1S/C10H9ClO/c11-10(12)7-3-5-8-4-1-2-6-9(8)10/h1-6,12H,7H2. The summed E-state index contributed by atoms with van der Waals surface area (Å²) in [6.07, 6.45) is 4.34. The first-order valence-electron chi connectivity index (χ1n) is 3.87. The van der Waals surface area contributed by atoms with Gasteiger partial charge in [0.2, 0.25) is 0 Å². The van der Waals surface area contributed by atoms with Crippen molar-refractivity contribution in [3.05, 3.63) is 41.5 Å². The average molecular weight is 181 g/mol. The zero-order valence-electron chi connectivity index (χ0n) is 6.50. The highest BCUT2D eigenvalue weighted by molar-refractivity contribution is 6.23. The maximum Gasteiger partial charge on any atom is 0.168 e. The maximum absolute atomic E-state index is 9.74. The van der Waals surface area contributed by atoms with Gasteiger partial charge in [-0.25, -0.2) is 0 Å². The Morgan fingerprint density at radius 2 is 2.08 bits per heavy atom. The minimum atomic E-state index is -1.20. The molecule has 0 bridgehead atoms. The van der Waals surface area contributed by atoms with Crippen molar-refractivity contribution < 1.29 is 5.11 Å². The van der Waals surface area contributed by atoms with Crippen LogP contribution in [0.5, 0.6) is 0 Å². The summed E-state index contributed by atoms with van der Waals surface area (Å²) in [6, 6.07) is 7.61. The number of hydrogen-bond acceptors (Lipinski definition) is 1. The highest BCUT2D eigenvalue weighted by Crippen LogP contribution is 2.36. The van der Waals surface area contributed by atoms with Crippen molar-refractivity contribution in [1.82, 2.24) is 0 Å². The van der Waals surface area contributed by atoms with Gasteiger partial charge in [-0.2, -0.15) is 0 Å². The molecular formula is C10H9ClO. The first-order chi connectivity index (χ1) is 5.70. The molecule has 2 heteroatoms. The Morgan fingerprint density at radius 1 is 1.33 bits per heavy atom. The van der Waals surface area contributed by atoms with E-state index in [1.54, 1.807) is 0 Å². The molecule has 1 aliphatic carbocycles. The Bertz CT molecular complexity index is 328. The largest absolute Gasteiger partial charge is 0.370 e. The van der Waals surface area contributed by atoms with E-state index in [-0.39, 0.29) is 0 Å². The maximum atomic E-state index is 9.74. The van der Waals surface area contributed by atoms with Gasteiger partial charge < -0.3 is 5.11 Å². The normalized spacial score (nSPS) is 26.8. The second-order valence-corrected chi connectivity index (χ2v) is 3.58. The zero-order chi connectivity index (χ0) is 8.60. The molecule has 1 N–H and O–H groups in total. The number of aliphatic hydroxyl groups is 1. The summed E-state index contributed by atoms with van der Waals surface area (Å²) in [6.45, 7) is 0. The highest BCUT2D eigenvalue weighted by atomic mass is 35.5. The Hall–Kier alpha value is -0.790. The van der Waals surface area contributed by atoms with Crippen molar-refractivity contribution >= 4 is 17.7 Å². The first-order valence-corrected chi connectivity index (χ1v) is 4.25. The fraction of sp³-hybridized carbons (Fsp3) is 0.200. The minimum absolute atomic E-state index is 0.478. The molecule has 0 fully saturated rings. The molecule has 2 rings (SSSR count). The average Bonchev–Trinajstić information content (AvgIpc) is 2.04. The quantitative estimate of drug-likeness (QED) is 0.609. The van der Waals surface area contributed by atoms with Crippen molar-refractivity contribution in [2.24, 2.45) is 0 Å². The molecule has 1 aromatic rings. The predicted octanol–water partition coefficient (Wildman–Crippen LogP) is 2.49. The summed E-state index contributed by atoms with van der Waals surface area (Å²) in [4.78, 5) is 0. The smallest absolute Gasteiger partial charge is 0.168 e. The number of fused-ring (bicyclic) bond motifs is 1. The molecule has 1 unspecified atom stereocenters. The van der Waals surface area contributed by atoms with E-state index < -0.39 is 5.06 Å². The van der Waals surface area contributed by atoms with Crippen LogP contribution in [0.1, 0.15) is 17.5 Å². The van der Waals surface area contributed by atoms with Crippen molar-refractivity contribution in [3.63, 3.8) is 0 Å². The summed E-state index contributed by atoms with van der Waals surface area (Å²) in [5, 5.41) is 8.54. The van der Waals surface area contributed by atoms with E-state index in [0.717, 1.165) is 11.1 Å². The van der Waals surface area contributed by atoms with Crippen molar-refractivity contribution in [2.45, 2.75) is 11.5 Å². The third-order valence-corrected chi connectivity index (χ3v) is 2.42. The van der Waals surface area contributed by atoms with Crippen LogP contribution in [-0.2, 0) is 5.06 Å². The monoisotopic (exact) mass is 180 g/mol. The molecule has 62 valence electrons. The molecule has 0 saturated heterocycles.